The van der Waals surface area contributed by atoms with Crippen molar-refractivity contribution in [2.45, 2.75) is 31.7 Å². The van der Waals surface area contributed by atoms with Crippen molar-refractivity contribution in [3.05, 3.63) is 54.1 Å². The van der Waals surface area contributed by atoms with Crippen LogP contribution in [0.5, 0.6) is 0 Å². The van der Waals surface area contributed by atoms with Gasteiger partial charge in [-0.2, -0.15) is 0 Å². The van der Waals surface area contributed by atoms with Gasteiger partial charge in [-0.15, -0.1) is 0 Å². The summed E-state index contributed by atoms with van der Waals surface area (Å²) in [4.78, 5) is 44.4. The molecule has 0 aliphatic heterocycles. The minimum atomic E-state index is -0.935. The summed E-state index contributed by atoms with van der Waals surface area (Å²) >= 11 is 0. The summed E-state index contributed by atoms with van der Waals surface area (Å²) in [5.74, 6) is -2.03. The van der Waals surface area contributed by atoms with Crippen LogP contribution in [0.2, 0.25) is 0 Å². The number of aromatic amines is 1. The monoisotopic (exact) mass is 489 g/mol. The number of aromatic nitrogens is 2. The quantitative estimate of drug-likeness (QED) is 0.173. The van der Waals surface area contributed by atoms with Gasteiger partial charge in [0.05, 0.1) is 37.8 Å². The fourth-order valence-electron chi connectivity index (χ4n) is 3.30. The Morgan fingerprint density at radius 1 is 1.09 bits per heavy atom. The van der Waals surface area contributed by atoms with Gasteiger partial charge in [-0.3, -0.25) is 14.4 Å². The normalized spacial score (nSPS) is 12.6. The number of hydrogen-bond acceptors (Lipinski definition) is 7. The van der Waals surface area contributed by atoms with Gasteiger partial charge >= 0.3 is 0 Å². The molecule has 0 radical (unpaired) electrons. The molecule has 11 nitrogen and oxygen atoms in total. The molecule has 35 heavy (non-hydrogen) atoms. The molecule has 2 atom stereocenters. The zero-order valence-corrected chi connectivity index (χ0v) is 20.0. The molecular weight excluding hydrogens is 454 g/mol. The molecule has 2 aromatic rings. The van der Waals surface area contributed by atoms with E-state index in [0.29, 0.717) is 44.9 Å². The van der Waals surface area contributed by atoms with Crippen molar-refractivity contribution in [2.24, 2.45) is 11.7 Å². The number of nitrogens with two attached hydrogens (primary N) is 1. The molecule has 0 saturated carbocycles. The van der Waals surface area contributed by atoms with Crippen LogP contribution in [0.3, 0.4) is 0 Å². The van der Waals surface area contributed by atoms with E-state index in [-0.39, 0.29) is 25.5 Å². The number of amides is 3. The van der Waals surface area contributed by atoms with Crippen LogP contribution in [0.15, 0.2) is 42.9 Å². The first-order valence-electron chi connectivity index (χ1n) is 11.5. The number of primary amides is 1. The average molecular weight is 490 g/mol. The number of imidazole rings is 1. The Morgan fingerprint density at radius 2 is 1.86 bits per heavy atom. The number of nitrogens with zero attached hydrogens (tertiary/aromatic N) is 1. The molecule has 11 heteroatoms. The van der Waals surface area contributed by atoms with Gasteiger partial charge in [-0.05, 0) is 18.4 Å². The molecule has 2 unspecified atom stereocenters. The third-order valence-electron chi connectivity index (χ3n) is 5.14. The van der Waals surface area contributed by atoms with Crippen molar-refractivity contribution in [1.82, 2.24) is 20.6 Å². The van der Waals surface area contributed by atoms with Gasteiger partial charge < -0.3 is 35.6 Å². The number of H-pyrrole nitrogens is 1. The predicted molar refractivity (Wildman–Crippen MR) is 128 cm³/mol. The molecule has 0 aliphatic carbocycles. The third-order valence-corrected chi connectivity index (χ3v) is 5.14. The lowest BCUT2D eigenvalue weighted by Crippen LogP contribution is -2.48. The van der Waals surface area contributed by atoms with E-state index in [1.807, 2.05) is 30.3 Å². The second-order valence-electron chi connectivity index (χ2n) is 7.95. The maximum absolute atomic E-state index is 13.1. The van der Waals surface area contributed by atoms with Crippen LogP contribution in [-0.2, 0) is 41.4 Å². The fourth-order valence-corrected chi connectivity index (χ4v) is 3.30. The number of nitrogens with one attached hydrogen (secondary N) is 3. The summed E-state index contributed by atoms with van der Waals surface area (Å²) < 4.78 is 15.4. The van der Waals surface area contributed by atoms with Crippen LogP contribution in [0, 0.1) is 5.92 Å². The Labute approximate surface area is 205 Å². The molecule has 0 aliphatic rings. The highest BCUT2D eigenvalue weighted by Crippen LogP contribution is 2.14. The van der Waals surface area contributed by atoms with Crippen molar-refractivity contribution in [3.63, 3.8) is 0 Å². The molecule has 192 valence electrons. The van der Waals surface area contributed by atoms with Crippen molar-refractivity contribution in [1.29, 1.82) is 0 Å². The van der Waals surface area contributed by atoms with Gasteiger partial charge in [-0.1, -0.05) is 30.3 Å². The maximum Gasteiger partial charge on any atom is 0.240 e. The lowest BCUT2D eigenvalue weighted by atomic mass is 9.94. The van der Waals surface area contributed by atoms with Gasteiger partial charge in [0.1, 0.15) is 12.8 Å². The van der Waals surface area contributed by atoms with E-state index in [0.717, 1.165) is 5.56 Å². The first-order chi connectivity index (χ1) is 17.0. The zero-order valence-electron chi connectivity index (χ0n) is 20.0. The molecule has 0 fully saturated rings. The molecule has 3 amide bonds. The molecular formula is C24H35N5O6. The van der Waals surface area contributed by atoms with Crippen molar-refractivity contribution >= 4 is 17.7 Å². The van der Waals surface area contributed by atoms with Crippen LogP contribution < -0.4 is 16.4 Å². The summed E-state index contributed by atoms with van der Waals surface area (Å²) in [6.45, 7) is 1.95. The Bertz CT molecular complexity index is 878. The highest BCUT2D eigenvalue weighted by molar-refractivity contribution is 5.90. The van der Waals surface area contributed by atoms with Crippen molar-refractivity contribution < 1.29 is 28.6 Å². The summed E-state index contributed by atoms with van der Waals surface area (Å²) in [6.07, 6.45) is 4.18. The average Bonchev–Trinajstić information content (AvgIpc) is 3.36. The second-order valence-corrected chi connectivity index (χ2v) is 7.95. The van der Waals surface area contributed by atoms with E-state index < -0.39 is 23.8 Å². The summed E-state index contributed by atoms with van der Waals surface area (Å²) in [7, 11) is 1.60. The maximum atomic E-state index is 13.1. The van der Waals surface area contributed by atoms with Crippen LogP contribution in [0.1, 0.15) is 24.1 Å². The van der Waals surface area contributed by atoms with E-state index in [4.69, 9.17) is 19.9 Å². The number of carbonyl (C=O) groups excluding carboxylic acids is 3. The zero-order chi connectivity index (χ0) is 25.3. The Hall–Kier alpha value is -3.28. The highest BCUT2D eigenvalue weighted by atomic mass is 16.7. The van der Waals surface area contributed by atoms with Gasteiger partial charge in [0.25, 0.3) is 0 Å². The van der Waals surface area contributed by atoms with Crippen LogP contribution >= 0.6 is 0 Å². The molecule has 0 spiro atoms. The fraction of sp³-hybridized carbons (Fsp3) is 0.500. The summed E-state index contributed by atoms with van der Waals surface area (Å²) in [6, 6.07) is 8.46. The minimum absolute atomic E-state index is 0.0321. The van der Waals surface area contributed by atoms with Crippen LogP contribution in [-0.4, -0.2) is 74.0 Å². The molecule has 0 saturated heterocycles. The Kier molecular flexibility index (Phi) is 13.1. The first kappa shape index (κ1) is 28.0. The largest absolute Gasteiger partial charge is 0.382 e. The van der Waals surface area contributed by atoms with Crippen LogP contribution in [0.4, 0.5) is 0 Å². The highest BCUT2D eigenvalue weighted by Gasteiger charge is 2.27. The SMILES string of the molecule is COCCOCOCCCNC(=O)CC(Cc1ccccc1)C(=O)NC(Cc1c[nH]cn1)C(N)=O. The van der Waals surface area contributed by atoms with Crippen molar-refractivity contribution in [3.8, 4) is 0 Å². The molecule has 2 rings (SSSR count). The Balaban J connectivity index is 1.86. The standard InChI is InChI=1S/C24H35N5O6/c1-33-10-11-35-17-34-9-5-8-27-22(30)13-19(12-18-6-3-2-4-7-18)24(32)29-21(23(25)31)14-20-15-26-16-28-20/h2-4,6-7,15-16,19,21H,5,8-14,17H2,1H3,(H2,25,31)(H,26,28)(H,27,30)(H,29,32). The number of carbonyl (C=O) groups is 3. The van der Waals surface area contributed by atoms with E-state index in [1.54, 1.807) is 13.3 Å². The predicted octanol–water partition coefficient (Wildman–Crippen LogP) is 0.315. The van der Waals surface area contributed by atoms with E-state index in [2.05, 4.69) is 20.6 Å². The summed E-state index contributed by atoms with van der Waals surface area (Å²) in [5, 5.41) is 5.51. The van der Waals surface area contributed by atoms with Crippen molar-refractivity contribution in [2.75, 3.05) is 40.3 Å². The van der Waals surface area contributed by atoms with Gasteiger partial charge in [0, 0.05) is 32.7 Å². The number of hydrogen-bond donors (Lipinski definition) is 4. The van der Waals surface area contributed by atoms with Crippen LogP contribution in [0.25, 0.3) is 0 Å². The number of benzene rings is 1. The number of methoxy groups -OCH3 is 1. The Morgan fingerprint density at radius 3 is 2.54 bits per heavy atom. The van der Waals surface area contributed by atoms with E-state index in [1.165, 1.54) is 6.33 Å². The second kappa shape index (κ2) is 16.4. The number of rotatable bonds is 18. The van der Waals surface area contributed by atoms with E-state index >= 15 is 0 Å². The topological polar surface area (TPSA) is 158 Å². The summed E-state index contributed by atoms with van der Waals surface area (Å²) in [5.41, 5.74) is 7.00. The molecule has 1 aromatic heterocycles. The lowest BCUT2D eigenvalue weighted by molar-refractivity contribution is -0.132. The third kappa shape index (κ3) is 11.6. The van der Waals surface area contributed by atoms with E-state index in [9.17, 15) is 14.4 Å². The molecule has 5 N–H and O–H groups in total. The number of ether oxygens (including phenoxy) is 3. The molecule has 1 aromatic carbocycles. The molecule has 1 heterocycles. The first-order valence-corrected chi connectivity index (χ1v) is 11.5. The smallest absolute Gasteiger partial charge is 0.240 e. The van der Waals surface area contributed by atoms with Gasteiger partial charge in [0.2, 0.25) is 17.7 Å². The minimum Gasteiger partial charge on any atom is -0.382 e. The van der Waals surface area contributed by atoms with Gasteiger partial charge in [-0.25, -0.2) is 4.98 Å². The van der Waals surface area contributed by atoms with Gasteiger partial charge in [0.15, 0.2) is 0 Å². The lowest BCUT2D eigenvalue weighted by Gasteiger charge is -2.20. The molecule has 0 bridgehead atoms.